The van der Waals surface area contributed by atoms with Crippen LogP contribution in [-0.4, -0.2) is 11.9 Å². The van der Waals surface area contributed by atoms with Crippen LogP contribution < -0.4 is 5.32 Å². The summed E-state index contributed by atoms with van der Waals surface area (Å²) < 4.78 is 0. The molecule has 0 fully saturated rings. The molecule has 2 nitrogen and oxygen atoms in total. The van der Waals surface area contributed by atoms with E-state index in [1.165, 1.54) is 6.08 Å². The molecule has 0 aromatic carbocycles. The number of hydrogen-bond acceptors (Lipinski definition) is 1. The molecule has 60 valence electrons. The highest BCUT2D eigenvalue weighted by Gasteiger charge is 2.02. The average Bonchev–Trinajstić information content (AvgIpc) is 2.01. The molecule has 0 heterocycles. The lowest BCUT2D eigenvalue weighted by Gasteiger charge is -2.07. The maximum atomic E-state index is 10.9. The van der Waals surface area contributed by atoms with Crippen molar-refractivity contribution in [2.24, 2.45) is 0 Å². The zero-order valence-corrected chi connectivity index (χ0v) is 6.92. The van der Waals surface area contributed by atoms with E-state index in [2.05, 4.69) is 11.2 Å². The maximum Gasteiger partial charge on any atom is 0.244 e. The summed E-state index contributed by atoms with van der Waals surface area (Å²) in [7, 11) is 0. The van der Waals surface area contributed by atoms with E-state index in [1.54, 1.807) is 13.0 Å². The molecule has 0 aromatic rings. The SMILES string of the molecule is C#CC(CC)NC(=O)/C=C/C. The first-order valence-electron chi connectivity index (χ1n) is 3.63. The molecule has 0 aliphatic heterocycles. The van der Waals surface area contributed by atoms with Gasteiger partial charge in [0.05, 0.1) is 6.04 Å². The fourth-order valence-electron chi connectivity index (χ4n) is 0.633. The van der Waals surface area contributed by atoms with Gasteiger partial charge in [0.15, 0.2) is 0 Å². The highest BCUT2D eigenvalue weighted by molar-refractivity contribution is 5.87. The standard InChI is InChI=1S/C9H13NO/c1-4-7-9(11)10-8(5-2)6-3/h2,4,7-8H,6H2,1,3H3,(H,10,11)/b7-4+. The quantitative estimate of drug-likeness (QED) is 0.475. The molecule has 1 atom stereocenters. The average molecular weight is 151 g/mol. The van der Waals surface area contributed by atoms with Gasteiger partial charge in [-0.05, 0) is 19.4 Å². The number of amides is 1. The predicted octanol–water partition coefficient (Wildman–Crippen LogP) is 1.09. The zero-order valence-electron chi connectivity index (χ0n) is 6.92. The van der Waals surface area contributed by atoms with Crippen LogP contribution in [0.2, 0.25) is 0 Å². The number of nitrogens with one attached hydrogen (secondary N) is 1. The van der Waals surface area contributed by atoms with Gasteiger partial charge in [-0.2, -0.15) is 0 Å². The van der Waals surface area contributed by atoms with Gasteiger partial charge >= 0.3 is 0 Å². The molecule has 0 bridgehead atoms. The first-order valence-corrected chi connectivity index (χ1v) is 3.63. The smallest absolute Gasteiger partial charge is 0.244 e. The molecule has 1 N–H and O–H groups in total. The van der Waals surface area contributed by atoms with Crippen molar-refractivity contribution in [1.29, 1.82) is 0 Å². The van der Waals surface area contributed by atoms with Gasteiger partial charge in [0.25, 0.3) is 0 Å². The summed E-state index contributed by atoms with van der Waals surface area (Å²) in [5.41, 5.74) is 0. The summed E-state index contributed by atoms with van der Waals surface area (Å²) in [4.78, 5) is 10.9. The molecule has 0 rings (SSSR count). The van der Waals surface area contributed by atoms with Crippen LogP contribution in [0.3, 0.4) is 0 Å². The Balaban J connectivity index is 3.84. The van der Waals surface area contributed by atoms with Gasteiger partial charge in [0.1, 0.15) is 0 Å². The van der Waals surface area contributed by atoms with E-state index < -0.39 is 0 Å². The van der Waals surface area contributed by atoms with Crippen molar-refractivity contribution < 1.29 is 4.79 Å². The van der Waals surface area contributed by atoms with Crippen molar-refractivity contribution in [2.75, 3.05) is 0 Å². The summed E-state index contributed by atoms with van der Waals surface area (Å²) in [5, 5.41) is 2.66. The van der Waals surface area contributed by atoms with E-state index in [1.807, 2.05) is 6.92 Å². The van der Waals surface area contributed by atoms with Crippen LogP contribution in [0.1, 0.15) is 20.3 Å². The third-order valence-corrected chi connectivity index (χ3v) is 1.24. The van der Waals surface area contributed by atoms with E-state index in [0.29, 0.717) is 0 Å². The summed E-state index contributed by atoms with van der Waals surface area (Å²) in [6.07, 6.45) is 9.04. The largest absolute Gasteiger partial charge is 0.339 e. The van der Waals surface area contributed by atoms with Crippen LogP contribution in [0.4, 0.5) is 0 Å². The Bertz CT molecular complexity index is 188. The lowest BCUT2D eigenvalue weighted by Crippen LogP contribution is -2.31. The van der Waals surface area contributed by atoms with Gasteiger partial charge in [-0.15, -0.1) is 6.42 Å². The molecule has 0 saturated carbocycles. The van der Waals surface area contributed by atoms with Crippen molar-refractivity contribution >= 4 is 5.91 Å². The van der Waals surface area contributed by atoms with Crippen LogP contribution in [0.15, 0.2) is 12.2 Å². The summed E-state index contributed by atoms with van der Waals surface area (Å²) >= 11 is 0. The Kier molecular flexibility index (Phi) is 4.93. The normalized spacial score (nSPS) is 12.5. The third kappa shape index (κ3) is 4.21. The van der Waals surface area contributed by atoms with Gasteiger partial charge in [-0.1, -0.05) is 18.9 Å². The second-order valence-corrected chi connectivity index (χ2v) is 2.14. The predicted molar refractivity (Wildman–Crippen MR) is 45.9 cm³/mol. The molecule has 1 unspecified atom stereocenters. The van der Waals surface area contributed by atoms with Crippen molar-refractivity contribution in [3.8, 4) is 12.3 Å². The first-order chi connectivity index (χ1) is 5.24. The minimum Gasteiger partial charge on any atom is -0.339 e. The van der Waals surface area contributed by atoms with Gasteiger partial charge in [0.2, 0.25) is 5.91 Å². The summed E-state index contributed by atoms with van der Waals surface area (Å²) in [5.74, 6) is 2.35. The Morgan fingerprint density at radius 1 is 1.82 bits per heavy atom. The topological polar surface area (TPSA) is 29.1 Å². The summed E-state index contributed by atoms with van der Waals surface area (Å²) in [6.45, 7) is 3.72. The number of carbonyl (C=O) groups is 1. The molecule has 2 heteroatoms. The zero-order chi connectivity index (χ0) is 8.69. The number of terminal acetylenes is 1. The van der Waals surface area contributed by atoms with Crippen LogP contribution in [0.5, 0.6) is 0 Å². The molecular weight excluding hydrogens is 138 g/mol. The lowest BCUT2D eigenvalue weighted by molar-refractivity contribution is -0.116. The van der Waals surface area contributed by atoms with E-state index in [4.69, 9.17) is 6.42 Å². The Morgan fingerprint density at radius 3 is 2.82 bits per heavy atom. The molecular formula is C9H13NO. The van der Waals surface area contributed by atoms with E-state index in [9.17, 15) is 4.79 Å². The molecule has 11 heavy (non-hydrogen) atoms. The van der Waals surface area contributed by atoms with Crippen molar-refractivity contribution in [3.05, 3.63) is 12.2 Å². The Hall–Kier alpha value is -1.23. The molecule has 0 aliphatic carbocycles. The molecule has 0 radical (unpaired) electrons. The van der Waals surface area contributed by atoms with Gasteiger partial charge in [-0.3, -0.25) is 4.79 Å². The van der Waals surface area contributed by atoms with Gasteiger partial charge < -0.3 is 5.32 Å². The lowest BCUT2D eigenvalue weighted by atomic mass is 10.2. The third-order valence-electron chi connectivity index (χ3n) is 1.24. The number of carbonyl (C=O) groups excluding carboxylic acids is 1. The number of allylic oxidation sites excluding steroid dienone is 1. The fraction of sp³-hybridized carbons (Fsp3) is 0.444. The minimum atomic E-state index is -0.140. The van der Waals surface area contributed by atoms with Crippen LogP contribution in [0.25, 0.3) is 0 Å². The molecule has 0 spiro atoms. The summed E-state index contributed by atoms with van der Waals surface area (Å²) in [6, 6.07) is -0.140. The van der Waals surface area contributed by atoms with Crippen LogP contribution in [-0.2, 0) is 4.79 Å². The fourth-order valence-corrected chi connectivity index (χ4v) is 0.633. The van der Waals surface area contributed by atoms with E-state index in [0.717, 1.165) is 6.42 Å². The molecule has 0 aliphatic rings. The van der Waals surface area contributed by atoms with Crippen molar-refractivity contribution in [2.45, 2.75) is 26.3 Å². The van der Waals surface area contributed by atoms with Crippen molar-refractivity contribution in [1.82, 2.24) is 5.32 Å². The molecule has 0 saturated heterocycles. The highest BCUT2D eigenvalue weighted by Crippen LogP contribution is 1.87. The van der Waals surface area contributed by atoms with Crippen LogP contribution >= 0.6 is 0 Å². The number of hydrogen-bond donors (Lipinski definition) is 1. The Labute approximate surface area is 67.7 Å². The second kappa shape index (κ2) is 5.55. The monoisotopic (exact) mass is 151 g/mol. The number of rotatable bonds is 3. The Morgan fingerprint density at radius 2 is 2.45 bits per heavy atom. The van der Waals surface area contributed by atoms with E-state index in [-0.39, 0.29) is 11.9 Å². The van der Waals surface area contributed by atoms with Gasteiger partial charge in [0, 0.05) is 0 Å². The molecule has 1 amide bonds. The van der Waals surface area contributed by atoms with E-state index >= 15 is 0 Å². The molecule has 0 aromatic heterocycles. The van der Waals surface area contributed by atoms with Crippen LogP contribution in [0, 0.1) is 12.3 Å². The minimum absolute atomic E-state index is 0.127. The van der Waals surface area contributed by atoms with Gasteiger partial charge in [-0.25, -0.2) is 0 Å². The second-order valence-electron chi connectivity index (χ2n) is 2.14. The van der Waals surface area contributed by atoms with Crippen molar-refractivity contribution in [3.63, 3.8) is 0 Å². The first kappa shape index (κ1) is 9.77. The highest BCUT2D eigenvalue weighted by atomic mass is 16.1. The maximum absolute atomic E-state index is 10.9.